The average Bonchev–Trinajstić information content (AvgIpc) is 3.60. The van der Waals surface area contributed by atoms with Gasteiger partial charge in [0.1, 0.15) is 0 Å². The van der Waals surface area contributed by atoms with Gasteiger partial charge in [0.2, 0.25) is 0 Å². The Morgan fingerprint density at radius 3 is 1.12 bits per heavy atom. The number of fused-ring (bicyclic) bond motifs is 12. The van der Waals surface area contributed by atoms with E-state index in [0.29, 0.717) is 0 Å². The monoisotopic (exact) mass is 532 g/mol. The van der Waals surface area contributed by atoms with Gasteiger partial charge < -0.3 is 8.80 Å². The topological polar surface area (TPSA) is 8.82 Å². The molecule has 0 aliphatic carbocycles. The van der Waals surface area contributed by atoms with E-state index < -0.39 is 0 Å². The molecule has 2 nitrogen and oxygen atoms in total. The predicted octanol–water partition coefficient (Wildman–Crippen LogP) is 10.7. The van der Waals surface area contributed by atoms with Crippen molar-refractivity contribution in [3.05, 3.63) is 146 Å². The minimum absolute atomic E-state index is 1.21. The molecule has 0 saturated heterocycles. The lowest BCUT2D eigenvalue weighted by Gasteiger charge is -2.14. The van der Waals surface area contributed by atoms with E-state index in [0.717, 1.165) is 0 Å². The number of benzene rings is 7. The molecule has 0 bridgehead atoms. The molecule has 7 aromatic carbocycles. The summed E-state index contributed by atoms with van der Waals surface area (Å²) >= 11 is 0. The number of hydrogen-bond acceptors (Lipinski definition) is 0. The van der Waals surface area contributed by atoms with Crippen LogP contribution in [0.4, 0.5) is 0 Å². The van der Waals surface area contributed by atoms with Crippen LogP contribution in [0.1, 0.15) is 0 Å². The Labute approximate surface area is 241 Å². The summed E-state index contributed by atoms with van der Waals surface area (Å²) in [6.45, 7) is 0. The van der Waals surface area contributed by atoms with Crippen molar-refractivity contribution < 1.29 is 0 Å². The van der Waals surface area contributed by atoms with E-state index in [-0.39, 0.29) is 0 Å². The molecule has 194 valence electrons. The van der Waals surface area contributed by atoms with Crippen LogP contribution in [0.3, 0.4) is 0 Å². The van der Waals surface area contributed by atoms with Crippen LogP contribution >= 0.6 is 0 Å². The van der Waals surface area contributed by atoms with E-state index in [1.807, 2.05) is 0 Å². The van der Waals surface area contributed by atoms with Crippen LogP contribution in [0.5, 0.6) is 0 Å². The minimum Gasteiger partial charge on any atom is -0.304 e. The summed E-state index contributed by atoms with van der Waals surface area (Å²) in [5.41, 5.74) is 12.5. The fourth-order valence-electron chi connectivity index (χ4n) is 7.61. The molecule has 0 amide bonds. The van der Waals surface area contributed by atoms with Gasteiger partial charge in [-0.3, -0.25) is 0 Å². The van der Waals surface area contributed by atoms with Crippen molar-refractivity contribution in [2.75, 3.05) is 0 Å². The third-order valence-electron chi connectivity index (χ3n) is 9.20. The molecule has 0 atom stereocenters. The molecule has 0 aliphatic heterocycles. The first-order valence-electron chi connectivity index (χ1n) is 14.6. The fraction of sp³-hybridized carbons (Fsp3) is 0. The standard InChI is InChI=1S/C40H24N2/c1-3-13-25(14-4-1)27-19-11-21-31-35-29-17-7-8-18-30(29)36-32-22-12-20-28(26-15-5-2-6-16-26)38(32)42-34-24-10-9-23-33(34)41(37(27)31)39(35)40(36)42/h1-24H. The maximum atomic E-state index is 2.55. The van der Waals surface area contributed by atoms with Gasteiger partial charge in [0.15, 0.2) is 0 Å². The molecule has 0 N–H and O–H groups in total. The van der Waals surface area contributed by atoms with Gasteiger partial charge in [-0.05, 0) is 34.0 Å². The van der Waals surface area contributed by atoms with Crippen molar-refractivity contribution in [1.29, 1.82) is 0 Å². The first-order chi connectivity index (χ1) is 20.9. The molecule has 10 aromatic rings. The molecular formula is C40H24N2. The Kier molecular flexibility index (Phi) is 4.21. The highest BCUT2D eigenvalue weighted by atomic mass is 15.0. The van der Waals surface area contributed by atoms with Gasteiger partial charge in [-0.1, -0.05) is 133 Å². The van der Waals surface area contributed by atoms with Crippen molar-refractivity contribution in [1.82, 2.24) is 8.80 Å². The first-order valence-corrected chi connectivity index (χ1v) is 14.6. The second-order valence-corrected chi connectivity index (χ2v) is 11.3. The summed E-state index contributed by atoms with van der Waals surface area (Å²) in [5.74, 6) is 0. The van der Waals surface area contributed by atoms with Gasteiger partial charge in [-0.15, -0.1) is 0 Å². The summed E-state index contributed by atoms with van der Waals surface area (Å²) < 4.78 is 5.11. The quantitative estimate of drug-likeness (QED) is 0.196. The van der Waals surface area contributed by atoms with Gasteiger partial charge in [0.05, 0.1) is 33.1 Å². The molecule has 3 heterocycles. The number of rotatable bonds is 2. The number of nitrogens with zero attached hydrogens (tertiary/aromatic N) is 2. The second-order valence-electron chi connectivity index (χ2n) is 11.3. The molecular weight excluding hydrogens is 508 g/mol. The summed E-state index contributed by atoms with van der Waals surface area (Å²) in [6.07, 6.45) is 0. The SMILES string of the molecule is c1ccc(-c2cccc3c4c5ccccc5c5c6cccc(-c7ccccc7)c6n6c7ccccc7n(c23)c4c56)cc1. The van der Waals surface area contributed by atoms with Crippen molar-refractivity contribution in [3.8, 4) is 22.3 Å². The normalized spacial score (nSPS) is 12.3. The molecule has 0 fully saturated rings. The molecule has 0 spiro atoms. The molecule has 0 saturated carbocycles. The van der Waals surface area contributed by atoms with Crippen LogP contribution in [0.2, 0.25) is 0 Å². The van der Waals surface area contributed by atoms with E-state index >= 15 is 0 Å². The Bertz CT molecular complexity index is 2470. The van der Waals surface area contributed by atoms with Gasteiger partial charge in [-0.25, -0.2) is 0 Å². The lowest BCUT2D eigenvalue weighted by atomic mass is 9.96. The van der Waals surface area contributed by atoms with E-state index in [2.05, 4.69) is 154 Å². The first kappa shape index (κ1) is 22.1. The molecule has 2 heteroatoms. The van der Waals surface area contributed by atoms with Crippen LogP contribution in [0.15, 0.2) is 146 Å². The van der Waals surface area contributed by atoms with Crippen LogP contribution in [-0.2, 0) is 0 Å². The molecule has 0 radical (unpaired) electrons. The zero-order valence-electron chi connectivity index (χ0n) is 22.8. The molecule has 42 heavy (non-hydrogen) atoms. The van der Waals surface area contributed by atoms with Crippen molar-refractivity contribution in [2.45, 2.75) is 0 Å². The zero-order valence-corrected chi connectivity index (χ0v) is 22.8. The average molecular weight is 533 g/mol. The third-order valence-corrected chi connectivity index (χ3v) is 9.20. The number of hydrogen-bond donors (Lipinski definition) is 0. The minimum atomic E-state index is 1.21. The Hall–Kier alpha value is -5.60. The second kappa shape index (κ2) is 7.99. The molecule has 10 rings (SSSR count). The highest BCUT2D eigenvalue weighted by Gasteiger charge is 2.26. The van der Waals surface area contributed by atoms with E-state index in [1.54, 1.807) is 0 Å². The van der Waals surface area contributed by atoms with E-state index in [4.69, 9.17) is 0 Å². The maximum absolute atomic E-state index is 2.55. The third kappa shape index (κ3) is 2.65. The van der Waals surface area contributed by atoms with Crippen LogP contribution in [-0.4, -0.2) is 8.80 Å². The lowest BCUT2D eigenvalue weighted by Crippen LogP contribution is -1.98. The summed E-state index contributed by atoms with van der Waals surface area (Å²) in [4.78, 5) is 0. The van der Waals surface area contributed by atoms with Gasteiger partial charge >= 0.3 is 0 Å². The summed E-state index contributed by atoms with van der Waals surface area (Å²) in [6, 6.07) is 53.2. The lowest BCUT2D eigenvalue weighted by molar-refractivity contribution is 1.26. The largest absolute Gasteiger partial charge is 0.304 e. The predicted molar refractivity (Wildman–Crippen MR) is 178 cm³/mol. The van der Waals surface area contributed by atoms with Gasteiger partial charge in [-0.2, -0.15) is 0 Å². The molecule has 0 unspecified atom stereocenters. The zero-order chi connectivity index (χ0) is 27.4. The Morgan fingerprint density at radius 2 is 0.667 bits per heavy atom. The number of aromatic nitrogens is 2. The van der Waals surface area contributed by atoms with Gasteiger partial charge in [0, 0.05) is 32.7 Å². The maximum Gasteiger partial charge on any atom is 0.0796 e. The molecule has 3 aromatic heterocycles. The highest BCUT2D eigenvalue weighted by molar-refractivity contribution is 6.38. The van der Waals surface area contributed by atoms with Crippen LogP contribution in [0.25, 0.3) is 87.7 Å². The van der Waals surface area contributed by atoms with Crippen molar-refractivity contribution in [3.63, 3.8) is 0 Å². The van der Waals surface area contributed by atoms with Gasteiger partial charge in [0.25, 0.3) is 0 Å². The summed E-state index contributed by atoms with van der Waals surface area (Å²) in [5, 5.41) is 7.84. The Morgan fingerprint density at radius 1 is 0.286 bits per heavy atom. The number of para-hydroxylation sites is 4. The summed E-state index contributed by atoms with van der Waals surface area (Å²) in [7, 11) is 0. The highest BCUT2D eigenvalue weighted by Crippen LogP contribution is 2.49. The molecule has 0 aliphatic rings. The van der Waals surface area contributed by atoms with Crippen LogP contribution < -0.4 is 0 Å². The smallest absolute Gasteiger partial charge is 0.0796 e. The van der Waals surface area contributed by atoms with Crippen molar-refractivity contribution in [2.24, 2.45) is 0 Å². The van der Waals surface area contributed by atoms with E-state index in [9.17, 15) is 0 Å². The Balaban J connectivity index is 1.60. The van der Waals surface area contributed by atoms with Crippen LogP contribution in [0, 0.1) is 0 Å². The van der Waals surface area contributed by atoms with Crippen molar-refractivity contribution >= 4 is 65.4 Å². The fourth-order valence-corrected chi connectivity index (χ4v) is 7.61. The van der Waals surface area contributed by atoms with E-state index in [1.165, 1.54) is 87.7 Å².